The molecule has 1 N–H and O–H groups in total. The number of piperazine rings is 1. The molecule has 7 nitrogen and oxygen atoms in total. The van der Waals surface area contributed by atoms with Gasteiger partial charge in [0.2, 0.25) is 15.9 Å². The topological polar surface area (TPSA) is 73.0 Å². The van der Waals surface area contributed by atoms with Crippen LogP contribution in [0, 0.1) is 0 Å². The van der Waals surface area contributed by atoms with Crippen molar-refractivity contribution in [3.05, 3.63) is 29.8 Å². The van der Waals surface area contributed by atoms with Gasteiger partial charge in [-0.15, -0.1) is 0 Å². The van der Waals surface area contributed by atoms with Gasteiger partial charge in [0.15, 0.2) is 0 Å². The molecule has 0 unspecified atom stereocenters. The second-order valence-corrected chi connectivity index (χ2v) is 10.9. The first-order chi connectivity index (χ1) is 15.5. The zero-order valence-electron chi connectivity index (χ0n) is 19.6. The highest BCUT2D eigenvalue weighted by molar-refractivity contribution is 7.89. The summed E-state index contributed by atoms with van der Waals surface area (Å²) >= 11 is 0. The molecule has 0 atom stereocenters. The molecular formula is C24H40N4O3S. The first-order valence-electron chi connectivity index (χ1n) is 12.3. The molecule has 8 heteroatoms. The normalized spacial score (nSPS) is 19.5. The van der Waals surface area contributed by atoms with Crippen LogP contribution < -0.4 is 5.32 Å². The number of sulfonamides is 1. The van der Waals surface area contributed by atoms with Crippen LogP contribution in [-0.2, 0) is 21.2 Å². The van der Waals surface area contributed by atoms with E-state index in [1.54, 1.807) is 16.4 Å². The fourth-order valence-corrected chi connectivity index (χ4v) is 5.98. The van der Waals surface area contributed by atoms with E-state index < -0.39 is 10.0 Å². The van der Waals surface area contributed by atoms with Crippen molar-refractivity contribution < 1.29 is 13.2 Å². The largest absolute Gasteiger partial charge is 0.356 e. The molecule has 0 bridgehead atoms. The maximum atomic E-state index is 12.9. The summed E-state index contributed by atoms with van der Waals surface area (Å²) in [5.74, 6) is 0.0575. The van der Waals surface area contributed by atoms with Gasteiger partial charge in [0, 0.05) is 52.2 Å². The summed E-state index contributed by atoms with van der Waals surface area (Å²) in [6.45, 7) is 10.8. The van der Waals surface area contributed by atoms with E-state index in [1.165, 1.54) is 0 Å². The molecule has 1 aromatic carbocycles. The average molecular weight is 465 g/mol. The third-order valence-corrected chi connectivity index (χ3v) is 8.57. The summed E-state index contributed by atoms with van der Waals surface area (Å²) in [6, 6.07) is 7.05. The predicted molar refractivity (Wildman–Crippen MR) is 128 cm³/mol. The number of likely N-dealkylation sites (N-methyl/N-ethyl adjacent to an activating group) is 1. The molecule has 2 aliphatic heterocycles. The molecule has 0 aromatic heterocycles. The van der Waals surface area contributed by atoms with Crippen molar-refractivity contribution in [3.63, 3.8) is 0 Å². The van der Waals surface area contributed by atoms with E-state index in [-0.39, 0.29) is 5.91 Å². The van der Waals surface area contributed by atoms with Crippen LogP contribution in [-0.4, -0.2) is 87.3 Å². The fourth-order valence-electron chi connectivity index (χ4n) is 4.47. The Bertz CT molecular complexity index is 797. The average Bonchev–Trinajstić information content (AvgIpc) is 3.11. The first kappa shape index (κ1) is 25.1. The number of hydrogen-bond donors (Lipinski definition) is 1. The van der Waals surface area contributed by atoms with Gasteiger partial charge in [0.05, 0.1) is 4.90 Å². The molecular weight excluding hydrogens is 424 g/mol. The van der Waals surface area contributed by atoms with E-state index in [0.717, 1.165) is 76.9 Å². The lowest BCUT2D eigenvalue weighted by Gasteiger charge is -2.33. The van der Waals surface area contributed by atoms with Crippen LogP contribution in [0.5, 0.6) is 0 Å². The van der Waals surface area contributed by atoms with Gasteiger partial charge in [-0.05, 0) is 56.5 Å². The van der Waals surface area contributed by atoms with Crippen LogP contribution in [0.4, 0.5) is 0 Å². The molecule has 1 amide bonds. The maximum Gasteiger partial charge on any atom is 0.243 e. The van der Waals surface area contributed by atoms with Crippen molar-refractivity contribution in [3.8, 4) is 0 Å². The molecule has 0 saturated carbocycles. The van der Waals surface area contributed by atoms with Crippen LogP contribution in [0.15, 0.2) is 29.2 Å². The Kier molecular flexibility index (Phi) is 9.96. The summed E-state index contributed by atoms with van der Waals surface area (Å²) in [4.78, 5) is 17.5. The number of nitrogens with one attached hydrogen (secondary N) is 1. The van der Waals surface area contributed by atoms with E-state index in [2.05, 4.69) is 22.0 Å². The van der Waals surface area contributed by atoms with Gasteiger partial charge in [-0.1, -0.05) is 31.9 Å². The Morgan fingerprint density at radius 3 is 2.16 bits per heavy atom. The van der Waals surface area contributed by atoms with Crippen molar-refractivity contribution in [1.82, 2.24) is 19.4 Å². The van der Waals surface area contributed by atoms with Crippen molar-refractivity contribution in [2.24, 2.45) is 0 Å². The number of hydrogen-bond acceptors (Lipinski definition) is 5. The van der Waals surface area contributed by atoms with Crippen molar-refractivity contribution in [1.29, 1.82) is 0 Å². The SMILES string of the molecule is CCN1CCN(CCCNC(=O)CCc2ccc(S(=O)(=O)N3CCCCCC3)cc2)CC1. The van der Waals surface area contributed by atoms with E-state index >= 15 is 0 Å². The molecule has 2 saturated heterocycles. The third-order valence-electron chi connectivity index (χ3n) is 6.65. The van der Waals surface area contributed by atoms with Gasteiger partial charge < -0.3 is 15.1 Å². The predicted octanol–water partition coefficient (Wildman–Crippen LogP) is 2.33. The van der Waals surface area contributed by atoms with Gasteiger partial charge >= 0.3 is 0 Å². The lowest BCUT2D eigenvalue weighted by Crippen LogP contribution is -2.46. The van der Waals surface area contributed by atoms with E-state index in [1.807, 2.05) is 12.1 Å². The van der Waals surface area contributed by atoms with Gasteiger partial charge in [-0.3, -0.25) is 4.79 Å². The number of aryl methyl sites for hydroxylation is 1. The molecule has 3 rings (SSSR count). The lowest BCUT2D eigenvalue weighted by molar-refractivity contribution is -0.121. The third kappa shape index (κ3) is 7.54. The van der Waals surface area contributed by atoms with Crippen LogP contribution in [0.1, 0.15) is 51.0 Å². The number of carbonyl (C=O) groups excluding carboxylic acids is 1. The smallest absolute Gasteiger partial charge is 0.243 e. The number of rotatable bonds is 10. The number of nitrogens with zero attached hydrogens (tertiary/aromatic N) is 3. The highest BCUT2D eigenvalue weighted by atomic mass is 32.2. The number of benzene rings is 1. The van der Waals surface area contributed by atoms with Crippen LogP contribution in [0.2, 0.25) is 0 Å². The van der Waals surface area contributed by atoms with Crippen LogP contribution >= 0.6 is 0 Å². The fraction of sp³-hybridized carbons (Fsp3) is 0.708. The molecule has 2 heterocycles. The molecule has 1 aromatic rings. The Labute approximate surface area is 194 Å². The number of carbonyl (C=O) groups is 1. The van der Waals surface area contributed by atoms with Gasteiger partial charge in [0.25, 0.3) is 0 Å². The molecule has 2 fully saturated rings. The van der Waals surface area contributed by atoms with E-state index in [9.17, 15) is 13.2 Å². The quantitative estimate of drug-likeness (QED) is 0.538. The monoisotopic (exact) mass is 464 g/mol. The molecule has 0 aliphatic carbocycles. The summed E-state index contributed by atoms with van der Waals surface area (Å²) < 4.78 is 27.3. The first-order valence-corrected chi connectivity index (χ1v) is 13.7. The molecule has 180 valence electrons. The molecule has 0 radical (unpaired) electrons. The Balaban J connectivity index is 1.35. The minimum atomic E-state index is -3.42. The second kappa shape index (κ2) is 12.7. The van der Waals surface area contributed by atoms with Crippen molar-refractivity contribution >= 4 is 15.9 Å². The zero-order valence-corrected chi connectivity index (χ0v) is 20.4. The van der Waals surface area contributed by atoms with Gasteiger partial charge in [0.1, 0.15) is 0 Å². The maximum absolute atomic E-state index is 12.9. The minimum Gasteiger partial charge on any atom is -0.356 e. The zero-order chi connectivity index (χ0) is 22.8. The van der Waals surface area contributed by atoms with Crippen molar-refractivity contribution in [2.45, 2.75) is 56.8 Å². The van der Waals surface area contributed by atoms with Crippen LogP contribution in [0.3, 0.4) is 0 Å². The van der Waals surface area contributed by atoms with Gasteiger partial charge in [-0.2, -0.15) is 4.31 Å². The highest BCUT2D eigenvalue weighted by Crippen LogP contribution is 2.21. The summed E-state index contributed by atoms with van der Waals surface area (Å²) in [5.41, 5.74) is 0.990. The molecule has 32 heavy (non-hydrogen) atoms. The Morgan fingerprint density at radius 1 is 0.906 bits per heavy atom. The molecule has 0 spiro atoms. The Morgan fingerprint density at radius 2 is 1.53 bits per heavy atom. The van der Waals surface area contributed by atoms with Crippen LogP contribution in [0.25, 0.3) is 0 Å². The lowest BCUT2D eigenvalue weighted by atomic mass is 10.1. The molecule has 2 aliphatic rings. The summed E-state index contributed by atoms with van der Waals surface area (Å²) in [6.07, 6.45) is 6.08. The van der Waals surface area contributed by atoms with E-state index in [0.29, 0.717) is 37.4 Å². The van der Waals surface area contributed by atoms with E-state index in [4.69, 9.17) is 0 Å². The minimum absolute atomic E-state index is 0.0575. The summed E-state index contributed by atoms with van der Waals surface area (Å²) in [5, 5.41) is 3.02. The standard InChI is InChI=1S/C24H40N4O3S/c1-2-26-18-20-27(21-19-26)15-7-14-25-24(29)13-10-22-8-11-23(12-9-22)32(30,31)28-16-5-3-4-6-17-28/h8-9,11-12H,2-7,10,13-21H2,1H3,(H,25,29). The second-order valence-electron chi connectivity index (χ2n) is 8.94. The highest BCUT2D eigenvalue weighted by Gasteiger charge is 2.24. The van der Waals surface area contributed by atoms with Gasteiger partial charge in [-0.25, -0.2) is 8.42 Å². The number of amides is 1. The summed E-state index contributed by atoms with van der Waals surface area (Å²) in [7, 11) is -3.42. The Hall–Kier alpha value is -1.48. The van der Waals surface area contributed by atoms with Crippen molar-refractivity contribution in [2.75, 3.05) is 58.9 Å².